The van der Waals surface area contributed by atoms with E-state index in [9.17, 15) is 13.2 Å². The van der Waals surface area contributed by atoms with Crippen molar-refractivity contribution < 1.29 is 13.2 Å². The Morgan fingerprint density at radius 1 is 0.947 bits per heavy atom. The molecule has 5 heteroatoms. The van der Waals surface area contributed by atoms with Crippen LogP contribution >= 0.6 is 0 Å². The minimum atomic E-state index is -4.27. The number of halogens is 3. The van der Waals surface area contributed by atoms with Gasteiger partial charge in [-0.25, -0.2) is 0 Å². The molecule has 0 aromatic heterocycles. The molecule has 1 saturated heterocycles. The molecule has 2 nitrogen and oxygen atoms in total. The lowest BCUT2D eigenvalue weighted by Crippen LogP contribution is -2.51. The lowest BCUT2D eigenvalue weighted by atomic mass is 9.91. The molecule has 0 unspecified atom stereocenters. The van der Waals surface area contributed by atoms with Crippen molar-refractivity contribution in [2.45, 2.75) is 25.6 Å². The summed E-state index contributed by atoms with van der Waals surface area (Å²) >= 11 is 0. The van der Waals surface area contributed by atoms with Gasteiger partial charge in [-0.3, -0.25) is 4.90 Å². The largest absolute Gasteiger partial charge is 0.416 e. The van der Waals surface area contributed by atoms with Gasteiger partial charge in [-0.1, -0.05) is 12.1 Å². The van der Waals surface area contributed by atoms with Crippen LogP contribution in [0.2, 0.25) is 0 Å². The fourth-order valence-corrected chi connectivity index (χ4v) is 2.47. The first-order chi connectivity index (χ1) is 8.82. The predicted molar refractivity (Wildman–Crippen MR) is 68.9 cm³/mol. The first kappa shape index (κ1) is 14.3. The molecule has 0 saturated carbocycles. The molecule has 1 aliphatic rings. The third-order valence-corrected chi connectivity index (χ3v) is 3.83. The Kier molecular flexibility index (Phi) is 3.87. The minimum absolute atomic E-state index is 0.244. The van der Waals surface area contributed by atoms with Crippen molar-refractivity contribution in [1.82, 2.24) is 10.2 Å². The van der Waals surface area contributed by atoms with E-state index in [4.69, 9.17) is 0 Å². The van der Waals surface area contributed by atoms with Gasteiger partial charge in [0.05, 0.1) is 5.56 Å². The van der Waals surface area contributed by atoms with Crippen LogP contribution in [0.15, 0.2) is 24.3 Å². The summed E-state index contributed by atoms with van der Waals surface area (Å²) in [7, 11) is 0. The van der Waals surface area contributed by atoms with E-state index in [2.05, 4.69) is 24.1 Å². The van der Waals surface area contributed by atoms with Crippen molar-refractivity contribution >= 4 is 0 Å². The second-order valence-corrected chi connectivity index (χ2v) is 5.37. The van der Waals surface area contributed by atoms with E-state index >= 15 is 0 Å². The number of hydrogen-bond acceptors (Lipinski definition) is 2. The van der Waals surface area contributed by atoms with Gasteiger partial charge in [-0.2, -0.15) is 13.2 Å². The Hall–Kier alpha value is -1.07. The molecule has 1 fully saturated rings. The van der Waals surface area contributed by atoms with E-state index in [0.29, 0.717) is 0 Å². The standard InChI is InChI=1S/C14H19F3N2/c1-13(2,19-9-7-18-8-10-19)11-3-5-12(6-4-11)14(15,16)17/h3-6,18H,7-10H2,1-2H3. The van der Waals surface area contributed by atoms with E-state index < -0.39 is 11.7 Å². The van der Waals surface area contributed by atoms with Crippen molar-refractivity contribution in [2.24, 2.45) is 0 Å². The van der Waals surface area contributed by atoms with E-state index in [0.717, 1.165) is 31.7 Å². The van der Waals surface area contributed by atoms with Crippen LogP contribution in [0, 0.1) is 0 Å². The SMILES string of the molecule is CC(C)(c1ccc(C(F)(F)F)cc1)N1CCNCC1. The summed E-state index contributed by atoms with van der Waals surface area (Å²) in [5, 5.41) is 3.28. The first-order valence-corrected chi connectivity index (χ1v) is 6.45. The van der Waals surface area contributed by atoms with Gasteiger partial charge in [0, 0.05) is 31.7 Å². The third-order valence-electron chi connectivity index (χ3n) is 3.83. The van der Waals surface area contributed by atoms with Crippen LogP contribution < -0.4 is 5.32 Å². The number of nitrogens with zero attached hydrogens (tertiary/aromatic N) is 1. The monoisotopic (exact) mass is 272 g/mol. The molecule has 1 aromatic carbocycles. The summed E-state index contributed by atoms with van der Waals surface area (Å²) in [6.45, 7) is 7.78. The van der Waals surface area contributed by atoms with Gasteiger partial charge >= 0.3 is 6.18 Å². The lowest BCUT2D eigenvalue weighted by Gasteiger charge is -2.41. The average molecular weight is 272 g/mol. The molecule has 0 aliphatic carbocycles. The Morgan fingerprint density at radius 3 is 1.89 bits per heavy atom. The average Bonchev–Trinajstić information content (AvgIpc) is 2.39. The van der Waals surface area contributed by atoms with E-state index in [-0.39, 0.29) is 5.54 Å². The lowest BCUT2D eigenvalue weighted by molar-refractivity contribution is -0.137. The molecule has 1 aliphatic heterocycles. The van der Waals surface area contributed by atoms with E-state index in [1.54, 1.807) is 12.1 Å². The minimum Gasteiger partial charge on any atom is -0.314 e. The van der Waals surface area contributed by atoms with Crippen LogP contribution in [0.4, 0.5) is 13.2 Å². The van der Waals surface area contributed by atoms with Gasteiger partial charge in [-0.05, 0) is 31.5 Å². The van der Waals surface area contributed by atoms with E-state index in [1.807, 2.05) is 0 Å². The molecule has 1 aromatic rings. The molecule has 1 N–H and O–H groups in total. The Bertz CT molecular complexity index is 417. The molecule has 0 spiro atoms. The van der Waals surface area contributed by atoms with Crippen LogP contribution in [-0.4, -0.2) is 31.1 Å². The number of benzene rings is 1. The maximum absolute atomic E-state index is 12.6. The molecule has 0 radical (unpaired) electrons. The summed E-state index contributed by atoms with van der Waals surface area (Å²) in [6, 6.07) is 5.51. The second kappa shape index (κ2) is 5.13. The molecular weight excluding hydrogens is 253 g/mol. The van der Waals surface area contributed by atoms with Crippen molar-refractivity contribution in [3.8, 4) is 0 Å². The number of nitrogens with one attached hydrogen (secondary N) is 1. The summed E-state index contributed by atoms with van der Waals surface area (Å²) in [6.07, 6.45) is -4.27. The molecule has 1 heterocycles. The van der Waals surface area contributed by atoms with Crippen molar-refractivity contribution in [3.05, 3.63) is 35.4 Å². The smallest absolute Gasteiger partial charge is 0.314 e. The maximum atomic E-state index is 12.6. The highest BCUT2D eigenvalue weighted by Gasteiger charge is 2.33. The number of hydrogen-bond donors (Lipinski definition) is 1. The normalized spacial score (nSPS) is 18.6. The molecule has 0 atom stereocenters. The second-order valence-electron chi connectivity index (χ2n) is 5.37. The Balaban J connectivity index is 2.20. The van der Waals surface area contributed by atoms with Gasteiger partial charge in [0.1, 0.15) is 0 Å². The zero-order valence-corrected chi connectivity index (χ0v) is 11.2. The zero-order valence-electron chi connectivity index (χ0n) is 11.2. The highest BCUT2D eigenvalue weighted by atomic mass is 19.4. The van der Waals surface area contributed by atoms with Crippen molar-refractivity contribution in [2.75, 3.05) is 26.2 Å². The molecular formula is C14H19F3N2. The first-order valence-electron chi connectivity index (χ1n) is 6.45. The van der Waals surface area contributed by atoms with Gasteiger partial charge in [0.15, 0.2) is 0 Å². The van der Waals surface area contributed by atoms with Gasteiger partial charge in [-0.15, -0.1) is 0 Å². The zero-order chi connectivity index (χ0) is 14.1. The fourth-order valence-electron chi connectivity index (χ4n) is 2.47. The van der Waals surface area contributed by atoms with E-state index in [1.165, 1.54) is 12.1 Å². The fraction of sp³-hybridized carbons (Fsp3) is 0.571. The van der Waals surface area contributed by atoms with Gasteiger partial charge in [0.25, 0.3) is 0 Å². The van der Waals surface area contributed by atoms with Crippen LogP contribution in [0.1, 0.15) is 25.0 Å². The molecule has 106 valence electrons. The van der Waals surface area contributed by atoms with Crippen LogP contribution in [0.25, 0.3) is 0 Å². The molecule has 2 rings (SSSR count). The van der Waals surface area contributed by atoms with Crippen LogP contribution in [0.3, 0.4) is 0 Å². The highest BCUT2D eigenvalue weighted by molar-refractivity contribution is 5.29. The number of alkyl halides is 3. The highest BCUT2D eigenvalue weighted by Crippen LogP contribution is 2.33. The molecule has 0 amide bonds. The van der Waals surface area contributed by atoms with Gasteiger partial charge in [0.2, 0.25) is 0 Å². The Morgan fingerprint density at radius 2 is 1.42 bits per heavy atom. The summed E-state index contributed by atoms with van der Waals surface area (Å²) < 4.78 is 37.7. The summed E-state index contributed by atoms with van der Waals surface area (Å²) in [5.41, 5.74) is 0.0847. The van der Waals surface area contributed by atoms with Crippen molar-refractivity contribution in [1.29, 1.82) is 0 Å². The number of piperazine rings is 1. The Labute approximate surface area is 111 Å². The molecule has 0 bridgehead atoms. The molecule has 19 heavy (non-hydrogen) atoms. The van der Waals surface area contributed by atoms with Gasteiger partial charge < -0.3 is 5.32 Å². The topological polar surface area (TPSA) is 15.3 Å². The third kappa shape index (κ3) is 3.09. The summed E-state index contributed by atoms with van der Waals surface area (Å²) in [4.78, 5) is 2.30. The predicted octanol–water partition coefficient (Wildman–Crippen LogP) is 2.85. The quantitative estimate of drug-likeness (QED) is 0.890. The van der Waals surface area contributed by atoms with Crippen molar-refractivity contribution in [3.63, 3.8) is 0 Å². The van der Waals surface area contributed by atoms with Crippen LogP contribution in [0.5, 0.6) is 0 Å². The number of rotatable bonds is 2. The van der Waals surface area contributed by atoms with Crippen LogP contribution in [-0.2, 0) is 11.7 Å². The summed E-state index contributed by atoms with van der Waals surface area (Å²) in [5.74, 6) is 0. The maximum Gasteiger partial charge on any atom is 0.416 e.